The Hall–Kier alpha value is -1.87. The lowest BCUT2D eigenvalue weighted by Gasteiger charge is -2.22. The molecule has 1 atom stereocenters. The predicted molar refractivity (Wildman–Crippen MR) is 72.0 cm³/mol. The van der Waals surface area contributed by atoms with Crippen molar-refractivity contribution in [1.29, 1.82) is 5.26 Å². The smallest absolute Gasteiger partial charge is 0.319 e. The minimum absolute atomic E-state index is 0.116. The van der Waals surface area contributed by atoms with Crippen LogP contribution in [-0.2, 0) is 10.3 Å². The zero-order valence-electron chi connectivity index (χ0n) is 10.3. The van der Waals surface area contributed by atoms with Crippen molar-refractivity contribution in [3.63, 3.8) is 0 Å². The van der Waals surface area contributed by atoms with Gasteiger partial charge in [-0.3, -0.25) is 9.69 Å². The predicted octanol–water partition coefficient (Wildman–Crippen LogP) is 2.13. The van der Waals surface area contributed by atoms with E-state index in [0.717, 1.165) is 9.37 Å². The van der Waals surface area contributed by atoms with Gasteiger partial charge in [-0.1, -0.05) is 28.1 Å². The summed E-state index contributed by atoms with van der Waals surface area (Å²) < 4.78 is 0.837. The van der Waals surface area contributed by atoms with Gasteiger partial charge in [-0.05, 0) is 24.6 Å². The molecule has 0 unspecified atom stereocenters. The first-order chi connectivity index (χ1) is 8.99. The van der Waals surface area contributed by atoms with Crippen LogP contribution in [0.4, 0.5) is 4.79 Å². The number of rotatable bonds is 3. The van der Waals surface area contributed by atoms with Crippen LogP contribution in [0.25, 0.3) is 0 Å². The minimum Gasteiger partial charge on any atom is -0.319 e. The van der Waals surface area contributed by atoms with Gasteiger partial charge in [0, 0.05) is 11.0 Å². The van der Waals surface area contributed by atoms with Crippen molar-refractivity contribution in [1.82, 2.24) is 10.2 Å². The van der Waals surface area contributed by atoms with Gasteiger partial charge in [0.15, 0.2) is 0 Å². The highest BCUT2D eigenvalue weighted by Crippen LogP contribution is 2.30. The number of hydrogen-bond donors (Lipinski definition) is 1. The molecule has 19 heavy (non-hydrogen) atoms. The van der Waals surface area contributed by atoms with Gasteiger partial charge in [-0.15, -0.1) is 0 Å². The lowest BCUT2D eigenvalue weighted by Crippen LogP contribution is -2.41. The number of hydrogen-bond acceptors (Lipinski definition) is 3. The number of nitrogens with one attached hydrogen (secondary N) is 1. The molecule has 5 nitrogen and oxygen atoms in total. The third kappa shape index (κ3) is 2.34. The summed E-state index contributed by atoms with van der Waals surface area (Å²) in [5, 5.41) is 11.2. The Balaban J connectivity index is 2.33. The molecule has 1 aromatic carbocycles. The number of amides is 3. The van der Waals surface area contributed by atoms with Crippen molar-refractivity contribution in [3.8, 4) is 6.07 Å². The lowest BCUT2D eigenvalue weighted by molar-refractivity contribution is -0.131. The first kappa shape index (κ1) is 13.6. The fraction of sp³-hybridized carbons (Fsp3) is 0.308. The van der Waals surface area contributed by atoms with Crippen LogP contribution < -0.4 is 5.32 Å². The highest BCUT2D eigenvalue weighted by Gasteiger charge is 2.48. The number of nitriles is 1. The first-order valence-corrected chi connectivity index (χ1v) is 6.55. The summed E-state index contributed by atoms with van der Waals surface area (Å²) in [6.45, 7) is 1.78. The summed E-state index contributed by atoms with van der Waals surface area (Å²) in [6.07, 6.45) is 0.133. The standard InChI is InChI=1S/C13H12BrN3O2/c1-13(9-4-2-5-10(14)8-9)11(18)17(7-3-6-15)12(19)16-13/h2,4-5,8H,3,7H2,1H3,(H,16,19)/t13-/m0/s1. The number of imide groups is 1. The van der Waals surface area contributed by atoms with Gasteiger partial charge in [0.05, 0.1) is 12.5 Å². The van der Waals surface area contributed by atoms with Gasteiger partial charge in [0.1, 0.15) is 5.54 Å². The average Bonchev–Trinajstić information content (AvgIpc) is 2.59. The third-order valence-electron chi connectivity index (χ3n) is 3.12. The van der Waals surface area contributed by atoms with Gasteiger partial charge in [0.25, 0.3) is 5.91 Å². The molecule has 1 aliphatic heterocycles. The van der Waals surface area contributed by atoms with Crippen molar-refractivity contribution in [2.75, 3.05) is 6.54 Å². The molecule has 0 radical (unpaired) electrons. The molecule has 3 amide bonds. The minimum atomic E-state index is -1.07. The van der Waals surface area contributed by atoms with Crippen molar-refractivity contribution >= 4 is 27.9 Å². The molecular formula is C13H12BrN3O2. The van der Waals surface area contributed by atoms with Gasteiger partial charge in [-0.25, -0.2) is 4.79 Å². The summed E-state index contributed by atoms with van der Waals surface area (Å²) >= 11 is 3.34. The number of halogens is 1. The number of urea groups is 1. The molecule has 1 heterocycles. The summed E-state index contributed by atoms with van der Waals surface area (Å²) in [5.41, 5.74) is -0.365. The monoisotopic (exact) mass is 321 g/mol. The van der Waals surface area contributed by atoms with Crippen molar-refractivity contribution in [3.05, 3.63) is 34.3 Å². The van der Waals surface area contributed by atoms with E-state index in [1.54, 1.807) is 19.1 Å². The van der Waals surface area contributed by atoms with Gasteiger partial charge >= 0.3 is 6.03 Å². The van der Waals surface area contributed by atoms with E-state index >= 15 is 0 Å². The molecule has 1 saturated heterocycles. The summed E-state index contributed by atoms with van der Waals surface area (Å²) in [4.78, 5) is 25.3. The third-order valence-corrected chi connectivity index (χ3v) is 3.62. The summed E-state index contributed by atoms with van der Waals surface area (Å²) in [7, 11) is 0. The van der Waals surface area contributed by atoms with Crippen LogP contribution >= 0.6 is 15.9 Å². The molecule has 98 valence electrons. The highest BCUT2D eigenvalue weighted by molar-refractivity contribution is 9.10. The van der Waals surface area contributed by atoms with Crippen LogP contribution in [0.3, 0.4) is 0 Å². The van der Waals surface area contributed by atoms with Gasteiger partial charge < -0.3 is 5.32 Å². The zero-order valence-corrected chi connectivity index (χ0v) is 11.9. The summed E-state index contributed by atoms with van der Waals surface area (Å²) in [6, 6.07) is 8.72. The normalized spacial score (nSPS) is 22.3. The maximum atomic E-state index is 12.4. The molecule has 0 saturated carbocycles. The fourth-order valence-electron chi connectivity index (χ4n) is 2.06. The Morgan fingerprint density at radius 2 is 2.21 bits per heavy atom. The quantitative estimate of drug-likeness (QED) is 0.867. The van der Waals surface area contributed by atoms with Crippen LogP contribution in [0.2, 0.25) is 0 Å². The second kappa shape index (κ2) is 5.02. The lowest BCUT2D eigenvalue weighted by atomic mass is 9.92. The van der Waals surface area contributed by atoms with Crippen LogP contribution in [0.15, 0.2) is 28.7 Å². The van der Waals surface area contributed by atoms with Crippen LogP contribution in [-0.4, -0.2) is 23.4 Å². The second-order valence-electron chi connectivity index (χ2n) is 4.43. The number of carbonyl (C=O) groups is 2. The second-order valence-corrected chi connectivity index (χ2v) is 5.35. The molecule has 0 aliphatic carbocycles. The number of nitrogens with zero attached hydrogens (tertiary/aromatic N) is 2. The molecule has 6 heteroatoms. The Bertz CT molecular complexity index is 581. The van der Waals surface area contributed by atoms with E-state index in [0.29, 0.717) is 5.56 Å². The molecule has 0 aromatic heterocycles. The molecule has 1 fully saturated rings. The van der Waals surface area contributed by atoms with Crippen LogP contribution in [0.1, 0.15) is 18.9 Å². The SMILES string of the molecule is C[C@@]1(c2cccc(Br)c2)NC(=O)N(CCC#N)C1=O. The Labute approximate surface area is 119 Å². The van der Waals surface area contributed by atoms with E-state index in [9.17, 15) is 9.59 Å². The fourth-order valence-corrected chi connectivity index (χ4v) is 2.46. The van der Waals surface area contributed by atoms with Crippen LogP contribution in [0.5, 0.6) is 0 Å². The van der Waals surface area contributed by atoms with E-state index < -0.39 is 11.6 Å². The van der Waals surface area contributed by atoms with E-state index in [1.165, 1.54) is 0 Å². The maximum absolute atomic E-state index is 12.4. The Morgan fingerprint density at radius 3 is 2.84 bits per heavy atom. The molecule has 0 bridgehead atoms. The van der Waals surface area contributed by atoms with E-state index in [4.69, 9.17) is 5.26 Å². The number of carbonyl (C=O) groups excluding carboxylic acids is 2. The van der Waals surface area contributed by atoms with E-state index in [2.05, 4.69) is 21.2 Å². The average molecular weight is 322 g/mol. The van der Waals surface area contributed by atoms with Crippen molar-refractivity contribution in [2.24, 2.45) is 0 Å². The van der Waals surface area contributed by atoms with E-state index in [1.807, 2.05) is 18.2 Å². The van der Waals surface area contributed by atoms with Gasteiger partial charge in [-0.2, -0.15) is 5.26 Å². The molecule has 1 aliphatic rings. The first-order valence-electron chi connectivity index (χ1n) is 5.76. The molecule has 1 aromatic rings. The maximum Gasteiger partial charge on any atom is 0.325 e. The highest BCUT2D eigenvalue weighted by atomic mass is 79.9. The number of benzene rings is 1. The summed E-state index contributed by atoms with van der Waals surface area (Å²) in [5.74, 6) is -0.328. The molecule has 2 rings (SSSR count). The Morgan fingerprint density at radius 1 is 1.47 bits per heavy atom. The molecule has 1 N–H and O–H groups in total. The van der Waals surface area contributed by atoms with E-state index in [-0.39, 0.29) is 18.9 Å². The molecular weight excluding hydrogens is 310 g/mol. The Kier molecular flexibility index (Phi) is 3.58. The van der Waals surface area contributed by atoms with Crippen molar-refractivity contribution < 1.29 is 9.59 Å². The molecule has 0 spiro atoms. The zero-order chi connectivity index (χ0) is 14.0. The largest absolute Gasteiger partial charge is 0.325 e. The van der Waals surface area contributed by atoms with Crippen LogP contribution in [0, 0.1) is 11.3 Å². The van der Waals surface area contributed by atoms with Gasteiger partial charge in [0.2, 0.25) is 0 Å². The topological polar surface area (TPSA) is 73.2 Å². The van der Waals surface area contributed by atoms with Crippen molar-refractivity contribution in [2.45, 2.75) is 18.9 Å².